The summed E-state index contributed by atoms with van der Waals surface area (Å²) in [7, 11) is 0. The predicted molar refractivity (Wildman–Crippen MR) is 65.5 cm³/mol. The highest BCUT2D eigenvalue weighted by Gasteiger charge is 2.33. The van der Waals surface area contributed by atoms with E-state index >= 15 is 0 Å². The second kappa shape index (κ2) is 7.50. The molecule has 1 rings (SSSR count). The molecule has 1 aromatic heterocycles. The van der Waals surface area contributed by atoms with Crippen LogP contribution in [0, 0.1) is 0 Å². The van der Waals surface area contributed by atoms with Crippen molar-refractivity contribution < 1.29 is 27.9 Å². The molecule has 21 heavy (non-hydrogen) atoms. The van der Waals surface area contributed by atoms with Gasteiger partial charge in [-0.05, 0) is 6.42 Å². The first-order chi connectivity index (χ1) is 9.78. The van der Waals surface area contributed by atoms with Gasteiger partial charge in [-0.3, -0.25) is 4.79 Å². The lowest BCUT2D eigenvalue weighted by atomic mass is 10.4. The summed E-state index contributed by atoms with van der Waals surface area (Å²) in [6.07, 6.45) is 0.694. The van der Waals surface area contributed by atoms with Crippen LogP contribution in [-0.4, -0.2) is 57.4 Å². The Hall–Kier alpha value is -2.26. The summed E-state index contributed by atoms with van der Waals surface area (Å²) in [5.74, 6) is -1.51. The van der Waals surface area contributed by atoms with E-state index in [1.165, 1.54) is 0 Å². The highest BCUT2D eigenvalue weighted by molar-refractivity contribution is 5.80. The zero-order valence-electron chi connectivity index (χ0n) is 11.0. The summed E-state index contributed by atoms with van der Waals surface area (Å²) in [6, 6.07) is -1.06. The van der Waals surface area contributed by atoms with Crippen molar-refractivity contribution in [2.24, 2.45) is 0 Å². The van der Waals surface area contributed by atoms with Crippen LogP contribution in [-0.2, 0) is 11.3 Å². The Labute approximate surface area is 118 Å². The van der Waals surface area contributed by atoms with Gasteiger partial charge in [0, 0.05) is 25.5 Å². The maximum Gasteiger partial charge on any atom is 0.406 e. The quantitative estimate of drug-likeness (QED) is 0.734. The molecule has 0 spiro atoms. The van der Waals surface area contributed by atoms with Crippen LogP contribution >= 0.6 is 0 Å². The van der Waals surface area contributed by atoms with Crippen LogP contribution in [0.3, 0.4) is 0 Å². The van der Waals surface area contributed by atoms with Gasteiger partial charge in [-0.15, -0.1) is 0 Å². The van der Waals surface area contributed by atoms with Crippen LogP contribution in [0.5, 0.6) is 0 Å². The maximum atomic E-state index is 12.3. The monoisotopic (exact) mass is 308 g/mol. The average Bonchev–Trinajstić information content (AvgIpc) is 2.84. The first kappa shape index (κ1) is 16.8. The highest BCUT2D eigenvalue weighted by Crippen LogP contribution is 2.16. The van der Waals surface area contributed by atoms with Gasteiger partial charge in [0.25, 0.3) is 0 Å². The number of aromatic nitrogens is 2. The molecule has 0 saturated carbocycles. The van der Waals surface area contributed by atoms with E-state index in [2.05, 4.69) is 10.3 Å². The fraction of sp³-hybridized carbons (Fsp3) is 0.545. The molecule has 0 bridgehead atoms. The third-order valence-corrected chi connectivity index (χ3v) is 2.41. The Bertz CT molecular complexity index is 462. The number of alkyl halides is 3. The van der Waals surface area contributed by atoms with Crippen molar-refractivity contribution in [3.8, 4) is 0 Å². The van der Waals surface area contributed by atoms with Crippen molar-refractivity contribution >= 4 is 12.0 Å². The zero-order valence-corrected chi connectivity index (χ0v) is 11.0. The van der Waals surface area contributed by atoms with E-state index in [0.717, 1.165) is 0 Å². The van der Waals surface area contributed by atoms with Crippen LogP contribution in [0.2, 0.25) is 0 Å². The van der Waals surface area contributed by atoms with Gasteiger partial charge in [-0.2, -0.15) is 13.2 Å². The molecule has 1 aromatic rings. The van der Waals surface area contributed by atoms with Crippen molar-refractivity contribution in [3.05, 3.63) is 18.7 Å². The lowest BCUT2D eigenvalue weighted by Gasteiger charge is -2.22. The molecule has 0 radical (unpaired) electrons. The van der Waals surface area contributed by atoms with E-state index in [4.69, 9.17) is 5.11 Å². The molecular weight excluding hydrogens is 293 g/mol. The third-order valence-electron chi connectivity index (χ3n) is 2.41. The molecule has 0 aromatic carbocycles. The maximum absolute atomic E-state index is 12.3. The number of carboxylic acids is 1. The molecule has 0 unspecified atom stereocenters. The molecule has 0 aliphatic rings. The van der Waals surface area contributed by atoms with Crippen LogP contribution in [0.4, 0.5) is 18.0 Å². The molecule has 0 saturated heterocycles. The number of aryl methyl sites for hydroxylation is 1. The number of urea groups is 1. The number of nitrogens with one attached hydrogen (secondary N) is 1. The van der Waals surface area contributed by atoms with Crippen LogP contribution in [0.1, 0.15) is 6.42 Å². The smallest absolute Gasteiger partial charge is 0.406 e. The minimum absolute atomic E-state index is 0.130. The topological polar surface area (TPSA) is 87.5 Å². The van der Waals surface area contributed by atoms with Crippen molar-refractivity contribution in [1.82, 2.24) is 19.8 Å². The summed E-state index contributed by atoms with van der Waals surface area (Å²) in [5, 5.41) is 10.8. The van der Waals surface area contributed by atoms with E-state index in [0.29, 0.717) is 13.0 Å². The molecule has 10 heteroatoms. The molecule has 1 heterocycles. The second-order valence-corrected chi connectivity index (χ2v) is 4.25. The molecule has 2 N–H and O–H groups in total. The fourth-order valence-electron chi connectivity index (χ4n) is 1.57. The minimum atomic E-state index is -4.65. The largest absolute Gasteiger partial charge is 0.480 e. The van der Waals surface area contributed by atoms with E-state index < -0.39 is 31.3 Å². The molecule has 2 amide bonds. The van der Waals surface area contributed by atoms with Gasteiger partial charge in [-0.1, -0.05) is 0 Å². The van der Waals surface area contributed by atoms with Gasteiger partial charge >= 0.3 is 18.2 Å². The minimum Gasteiger partial charge on any atom is -0.480 e. The fourth-order valence-corrected chi connectivity index (χ4v) is 1.57. The normalized spacial score (nSPS) is 11.2. The number of carbonyl (C=O) groups is 2. The molecule has 0 atom stereocenters. The Morgan fingerprint density at radius 2 is 2.10 bits per heavy atom. The summed E-state index contributed by atoms with van der Waals surface area (Å²) < 4.78 is 38.5. The van der Waals surface area contributed by atoms with Crippen LogP contribution < -0.4 is 5.32 Å². The van der Waals surface area contributed by atoms with Gasteiger partial charge in [-0.25, -0.2) is 9.78 Å². The molecule has 0 aliphatic carbocycles. The summed E-state index contributed by atoms with van der Waals surface area (Å²) in [4.78, 5) is 26.1. The Kier molecular flexibility index (Phi) is 6.00. The molecule has 0 aliphatic heterocycles. The van der Waals surface area contributed by atoms with Crippen molar-refractivity contribution in [2.45, 2.75) is 19.1 Å². The Morgan fingerprint density at radius 3 is 2.62 bits per heavy atom. The van der Waals surface area contributed by atoms with Gasteiger partial charge in [0.1, 0.15) is 13.1 Å². The van der Waals surface area contributed by atoms with E-state index in [9.17, 15) is 22.8 Å². The number of carboxylic acid groups (broad SMARTS) is 1. The summed E-state index contributed by atoms with van der Waals surface area (Å²) in [5.41, 5.74) is 0. The van der Waals surface area contributed by atoms with Crippen molar-refractivity contribution in [3.63, 3.8) is 0 Å². The zero-order chi connectivity index (χ0) is 15.9. The third kappa shape index (κ3) is 7.18. The molecule has 7 nitrogen and oxygen atoms in total. The highest BCUT2D eigenvalue weighted by atomic mass is 19.4. The standard InChI is InChI=1S/C11H15F3N4O3/c12-11(13,14)7-18(6-9(19)20)10(21)16-2-1-4-17-5-3-15-8-17/h3,5,8H,1-2,4,6-7H2,(H,16,21)(H,19,20). The van der Waals surface area contributed by atoms with Gasteiger partial charge < -0.3 is 19.9 Å². The van der Waals surface area contributed by atoms with E-state index in [1.54, 1.807) is 23.3 Å². The number of amides is 2. The van der Waals surface area contributed by atoms with E-state index in [1.807, 2.05) is 0 Å². The van der Waals surface area contributed by atoms with Gasteiger partial charge in [0.05, 0.1) is 6.33 Å². The van der Waals surface area contributed by atoms with Crippen molar-refractivity contribution in [2.75, 3.05) is 19.6 Å². The van der Waals surface area contributed by atoms with Crippen molar-refractivity contribution in [1.29, 1.82) is 0 Å². The van der Waals surface area contributed by atoms with Crippen LogP contribution in [0.15, 0.2) is 18.7 Å². The average molecular weight is 308 g/mol. The number of aliphatic carboxylic acids is 1. The summed E-state index contributed by atoms with van der Waals surface area (Å²) >= 11 is 0. The Morgan fingerprint density at radius 1 is 1.38 bits per heavy atom. The van der Waals surface area contributed by atoms with Gasteiger partial charge in [0.15, 0.2) is 0 Å². The van der Waals surface area contributed by atoms with E-state index in [-0.39, 0.29) is 11.4 Å². The lowest BCUT2D eigenvalue weighted by molar-refractivity contribution is -0.148. The lowest BCUT2D eigenvalue weighted by Crippen LogP contribution is -2.47. The first-order valence-electron chi connectivity index (χ1n) is 6.05. The number of hydrogen-bond acceptors (Lipinski definition) is 3. The Balaban J connectivity index is 2.38. The number of hydrogen-bond donors (Lipinski definition) is 2. The number of rotatable bonds is 7. The number of nitrogens with zero attached hydrogens (tertiary/aromatic N) is 3. The molecule has 0 fully saturated rings. The number of halogens is 3. The SMILES string of the molecule is O=C(O)CN(CC(F)(F)F)C(=O)NCCCn1ccnc1. The van der Waals surface area contributed by atoms with Crippen LogP contribution in [0.25, 0.3) is 0 Å². The first-order valence-corrected chi connectivity index (χ1v) is 6.05. The second-order valence-electron chi connectivity index (χ2n) is 4.25. The number of imidazole rings is 1. The number of carbonyl (C=O) groups excluding carboxylic acids is 1. The predicted octanol–water partition coefficient (Wildman–Crippen LogP) is 0.932. The molecular formula is C11H15F3N4O3. The molecule has 118 valence electrons. The summed E-state index contributed by atoms with van der Waals surface area (Å²) in [6.45, 7) is -1.94. The van der Waals surface area contributed by atoms with Gasteiger partial charge in [0.2, 0.25) is 0 Å².